The third kappa shape index (κ3) is 4.85. The van der Waals surface area contributed by atoms with E-state index in [0.717, 1.165) is 36.8 Å². The number of hydrogen-bond donors (Lipinski definition) is 1. The van der Waals surface area contributed by atoms with E-state index in [1.165, 1.54) is 12.1 Å². The highest BCUT2D eigenvalue weighted by Gasteiger charge is 2.17. The summed E-state index contributed by atoms with van der Waals surface area (Å²) in [5.74, 6) is 0. The van der Waals surface area contributed by atoms with Gasteiger partial charge in [-0.2, -0.15) is 13.9 Å². The fourth-order valence-corrected chi connectivity index (χ4v) is 2.81. The summed E-state index contributed by atoms with van der Waals surface area (Å²) in [4.78, 5) is 11.4. The molecule has 1 aromatic rings. The highest BCUT2D eigenvalue weighted by molar-refractivity contribution is 7.86. The van der Waals surface area contributed by atoms with Crippen LogP contribution in [-0.4, -0.2) is 21.1 Å². The molecule has 1 aliphatic carbocycles. The van der Waals surface area contributed by atoms with Gasteiger partial charge in [0.15, 0.2) is 0 Å². The first-order valence-corrected chi connectivity index (χ1v) is 8.49. The SMILES string of the molecule is Cc1ccc(S(=O)(=O)ONC(=O)OCC2=CCCCC2)cc1. The molecule has 0 aromatic heterocycles. The smallest absolute Gasteiger partial charge is 0.432 e. The number of allylic oxidation sites excluding steroid dienone is 1. The van der Waals surface area contributed by atoms with Crippen LogP contribution in [0.25, 0.3) is 0 Å². The molecule has 0 heterocycles. The Hall–Kier alpha value is -1.86. The second-order valence-electron chi connectivity index (χ2n) is 5.14. The molecule has 0 saturated carbocycles. The largest absolute Gasteiger partial charge is 0.444 e. The van der Waals surface area contributed by atoms with Gasteiger partial charge in [-0.15, -0.1) is 4.28 Å². The van der Waals surface area contributed by atoms with Gasteiger partial charge in [-0.3, -0.25) is 0 Å². The summed E-state index contributed by atoms with van der Waals surface area (Å²) in [6.07, 6.45) is 5.22. The first-order chi connectivity index (χ1) is 10.5. The Balaban J connectivity index is 1.82. The van der Waals surface area contributed by atoms with Crippen LogP contribution in [0, 0.1) is 6.92 Å². The number of aryl methyl sites for hydroxylation is 1. The Labute approximate surface area is 130 Å². The molecule has 120 valence electrons. The summed E-state index contributed by atoms with van der Waals surface area (Å²) in [5.41, 5.74) is 3.77. The van der Waals surface area contributed by atoms with E-state index in [2.05, 4.69) is 4.28 Å². The second-order valence-corrected chi connectivity index (χ2v) is 6.68. The maximum Gasteiger partial charge on any atom is 0.432 e. The van der Waals surface area contributed by atoms with Gasteiger partial charge in [0.2, 0.25) is 0 Å². The Bertz CT molecular complexity index is 649. The third-order valence-corrected chi connectivity index (χ3v) is 4.47. The molecule has 0 fully saturated rings. The van der Waals surface area contributed by atoms with E-state index in [1.54, 1.807) is 17.6 Å². The predicted octanol–water partition coefficient (Wildman–Crippen LogP) is 2.84. The average molecular weight is 325 g/mol. The lowest BCUT2D eigenvalue weighted by Gasteiger charge is -2.13. The van der Waals surface area contributed by atoms with Crippen LogP contribution < -0.4 is 5.48 Å². The maximum absolute atomic E-state index is 11.8. The molecule has 7 heteroatoms. The van der Waals surface area contributed by atoms with Gasteiger partial charge in [0, 0.05) is 0 Å². The maximum atomic E-state index is 11.8. The Morgan fingerprint density at radius 3 is 2.59 bits per heavy atom. The van der Waals surface area contributed by atoms with Gasteiger partial charge >= 0.3 is 16.2 Å². The van der Waals surface area contributed by atoms with Crippen molar-refractivity contribution in [2.75, 3.05) is 6.61 Å². The molecule has 6 nitrogen and oxygen atoms in total. The molecular weight excluding hydrogens is 306 g/mol. The van der Waals surface area contributed by atoms with Gasteiger partial charge in [-0.1, -0.05) is 23.8 Å². The molecule has 0 aliphatic heterocycles. The fourth-order valence-electron chi connectivity index (χ4n) is 2.07. The number of nitrogens with one attached hydrogen (secondary N) is 1. The van der Waals surface area contributed by atoms with E-state index in [1.807, 2.05) is 13.0 Å². The molecular formula is C15H19NO5S. The van der Waals surface area contributed by atoms with Gasteiger partial charge < -0.3 is 4.74 Å². The van der Waals surface area contributed by atoms with E-state index in [0.29, 0.717) is 0 Å². The summed E-state index contributed by atoms with van der Waals surface area (Å²) in [6, 6.07) is 6.10. The summed E-state index contributed by atoms with van der Waals surface area (Å²) in [7, 11) is -4.04. The summed E-state index contributed by atoms with van der Waals surface area (Å²) in [5, 5.41) is 0. The fraction of sp³-hybridized carbons (Fsp3) is 0.400. The number of hydrogen-bond acceptors (Lipinski definition) is 5. The highest BCUT2D eigenvalue weighted by atomic mass is 32.2. The highest BCUT2D eigenvalue weighted by Crippen LogP contribution is 2.17. The number of rotatable bonds is 5. The lowest BCUT2D eigenvalue weighted by atomic mass is 10.0. The van der Waals surface area contributed by atoms with Gasteiger partial charge in [0.05, 0.1) is 4.90 Å². The molecule has 1 amide bonds. The van der Waals surface area contributed by atoms with Gasteiger partial charge in [0.1, 0.15) is 6.61 Å². The topological polar surface area (TPSA) is 81.7 Å². The number of carbonyl (C=O) groups excluding carboxylic acids is 1. The van der Waals surface area contributed by atoms with Crippen LogP contribution in [0.15, 0.2) is 40.8 Å². The number of amides is 1. The Morgan fingerprint density at radius 2 is 1.95 bits per heavy atom. The van der Waals surface area contributed by atoms with E-state index in [4.69, 9.17) is 4.74 Å². The van der Waals surface area contributed by atoms with Gasteiger partial charge in [0.25, 0.3) is 0 Å². The average Bonchev–Trinajstić information content (AvgIpc) is 2.52. The van der Waals surface area contributed by atoms with Crippen molar-refractivity contribution in [1.29, 1.82) is 0 Å². The van der Waals surface area contributed by atoms with Crippen molar-refractivity contribution in [3.8, 4) is 0 Å². The van der Waals surface area contributed by atoms with Crippen LogP contribution in [0.2, 0.25) is 0 Å². The minimum atomic E-state index is -4.04. The zero-order valence-electron chi connectivity index (χ0n) is 12.4. The summed E-state index contributed by atoms with van der Waals surface area (Å²) >= 11 is 0. The third-order valence-electron chi connectivity index (χ3n) is 3.32. The molecule has 0 saturated heterocycles. The first-order valence-electron chi connectivity index (χ1n) is 7.08. The quantitative estimate of drug-likeness (QED) is 0.665. The molecule has 0 unspecified atom stereocenters. The van der Waals surface area contributed by atoms with Crippen LogP contribution in [0.4, 0.5) is 4.79 Å². The summed E-state index contributed by atoms with van der Waals surface area (Å²) in [6.45, 7) is 1.99. The molecule has 0 radical (unpaired) electrons. The molecule has 22 heavy (non-hydrogen) atoms. The van der Waals surface area contributed by atoms with Crippen LogP contribution in [0.1, 0.15) is 31.2 Å². The standard InChI is InChI=1S/C15H19NO5S/c1-12-7-9-14(10-8-12)22(18,19)21-16-15(17)20-11-13-5-3-2-4-6-13/h5,7-10H,2-4,6,11H2,1H3,(H,16,17). The monoisotopic (exact) mass is 325 g/mol. The first kappa shape index (κ1) is 16.5. The van der Waals surface area contributed by atoms with E-state index < -0.39 is 16.2 Å². The lowest BCUT2D eigenvalue weighted by Crippen LogP contribution is -2.28. The minimum Gasteiger partial charge on any atom is -0.444 e. The van der Waals surface area contributed by atoms with E-state index >= 15 is 0 Å². The van der Waals surface area contributed by atoms with E-state index in [9.17, 15) is 13.2 Å². The molecule has 0 bridgehead atoms. The molecule has 2 rings (SSSR count). The van der Waals surface area contributed by atoms with Crippen molar-refractivity contribution in [3.05, 3.63) is 41.5 Å². The molecule has 0 atom stereocenters. The lowest BCUT2D eigenvalue weighted by molar-refractivity contribution is 0.108. The predicted molar refractivity (Wildman–Crippen MR) is 80.5 cm³/mol. The molecule has 1 N–H and O–H groups in total. The van der Waals surface area contributed by atoms with Crippen molar-refractivity contribution in [1.82, 2.24) is 5.48 Å². The molecule has 1 aliphatic rings. The van der Waals surface area contributed by atoms with Crippen LogP contribution in [-0.2, 0) is 19.1 Å². The van der Waals surface area contributed by atoms with Crippen LogP contribution >= 0.6 is 0 Å². The number of benzene rings is 1. The zero-order valence-corrected chi connectivity index (χ0v) is 13.2. The van der Waals surface area contributed by atoms with Crippen molar-refractivity contribution in [2.24, 2.45) is 0 Å². The number of hydroxylamine groups is 1. The van der Waals surface area contributed by atoms with Crippen LogP contribution in [0.3, 0.4) is 0 Å². The molecule has 1 aromatic carbocycles. The van der Waals surface area contributed by atoms with Crippen molar-refractivity contribution < 1.29 is 22.2 Å². The zero-order chi connectivity index (χ0) is 16.0. The summed E-state index contributed by atoms with van der Waals surface area (Å²) < 4.78 is 33.1. The number of carbonyl (C=O) groups is 1. The van der Waals surface area contributed by atoms with E-state index in [-0.39, 0.29) is 11.5 Å². The normalized spacial score (nSPS) is 15.0. The van der Waals surface area contributed by atoms with Crippen LogP contribution in [0.5, 0.6) is 0 Å². The van der Waals surface area contributed by atoms with Gasteiger partial charge in [-0.25, -0.2) is 4.79 Å². The Morgan fingerprint density at radius 1 is 1.23 bits per heavy atom. The van der Waals surface area contributed by atoms with Crippen molar-refractivity contribution in [2.45, 2.75) is 37.5 Å². The van der Waals surface area contributed by atoms with Crippen molar-refractivity contribution >= 4 is 16.2 Å². The second kappa shape index (κ2) is 7.42. The van der Waals surface area contributed by atoms with Crippen molar-refractivity contribution in [3.63, 3.8) is 0 Å². The molecule has 0 spiro atoms. The Kier molecular flexibility index (Phi) is 5.57. The van der Waals surface area contributed by atoms with Gasteiger partial charge in [-0.05, 0) is 50.3 Å². The minimum absolute atomic E-state index is 0.0339. The number of ether oxygens (including phenoxy) is 1.